The van der Waals surface area contributed by atoms with Gasteiger partial charge in [0, 0.05) is 11.6 Å². The van der Waals surface area contributed by atoms with Gasteiger partial charge in [-0.05, 0) is 17.7 Å². The molecule has 2 rings (SSSR count). The molecule has 3 heteroatoms. The number of ether oxygens (including phenoxy) is 1. The minimum absolute atomic E-state index is 0.0688. The lowest BCUT2D eigenvalue weighted by molar-refractivity contribution is 0.371. The Hall–Kier alpha value is -1.98. The average molecular weight is 260 g/mol. The van der Waals surface area contributed by atoms with E-state index in [1.165, 1.54) is 6.07 Å². The maximum atomic E-state index is 13.1. The smallest absolute Gasteiger partial charge is 0.148 e. The SMILES string of the molecule is C#CCOc1[c]cccc1-c1ccc(F)c(Cl)c1. The van der Waals surface area contributed by atoms with Gasteiger partial charge in [-0.3, -0.25) is 0 Å². The number of halogens is 2. The second-order valence-corrected chi connectivity index (χ2v) is 3.94. The Balaban J connectivity index is 2.43. The van der Waals surface area contributed by atoms with Gasteiger partial charge in [0.25, 0.3) is 0 Å². The van der Waals surface area contributed by atoms with Gasteiger partial charge in [0.1, 0.15) is 18.2 Å². The van der Waals surface area contributed by atoms with Crippen molar-refractivity contribution in [1.29, 1.82) is 0 Å². The molecule has 1 radical (unpaired) electrons. The summed E-state index contributed by atoms with van der Waals surface area (Å²) in [4.78, 5) is 0. The van der Waals surface area contributed by atoms with Crippen LogP contribution < -0.4 is 4.74 Å². The van der Waals surface area contributed by atoms with E-state index in [1.54, 1.807) is 18.2 Å². The minimum Gasteiger partial charge on any atom is -0.480 e. The fraction of sp³-hybridized carbons (Fsp3) is 0.0667. The molecule has 0 saturated carbocycles. The zero-order valence-electron chi connectivity index (χ0n) is 9.41. The van der Waals surface area contributed by atoms with Crippen molar-refractivity contribution in [3.8, 4) is 29.2 Å². The van der Waals surface area contributed by atoms with Crippen LogP contribution in [0.5, 0.6) is 5.75 Å². The number of rotatable bonds is 3. The van der Waals surface area contributed by atoms with Gasteiger partial charge in [0.05, 0.1) is 5.02 Å². The van der Waals surface area contributed by atoms with Crippen LogP contribution in [0, 0.1) is 24.2 Å². The molecule has 0 aromatic heterocycles. The Kier molecular flexibility index (Phi) is 3.86. The number of benzene rings is 2. The molecule has 18 heavy (non-hydrogen) atoms. The molecule has 0 spiro atoms. The molecule has 89 valence electrons. The third-order valence-corrected chi connectivity index (χ3v) is 2.64. The van der Waals surface area contributed by atoms with Crippen LogP contribution >= 0.6 is 11.6 Å². The summed E-state index contributed by atoms with van der Waals surface area (Å²) in [6.45, 7) is 0.155. The van der Waals surface area contributed by atoms with Crippen LogP contribution in [0.25, 0.3) is 11.1 Å². The molecule has 0 saturated heterocycles. The second kappa shape index (κ2) is 5.57. The van der Waals surface area contributed by atoms with E-state index in [4.69, 9.17) is 22.8 Å². The van der Waals surface area contributed by atoms with E-state index in [9.17, 15) is 4.39 Å². The fourth-order valence-electron chi connectivity index (χ4n) is 1.55. The first-order chi connectivity index (χ1) is 8.72. The molecule has 0 aliphatic rings. The quantitative estimate of drug-likeness (QED) is 0.758. The van der Waals surface area contributed by atoms with Gasteiger partial charge in [-0.2, -0.15) is 0 Å². The maximum Gasteiger partial charge on any atom is 0.148 e. The number of para-hydroxylation sites is 1. The van der Waals surface area contributed by atoms with E-state index in [1.807, 2.05) is 12.1 Å². The van der Waals surface area contributed by atoms with Crippen LogP contribution in [0.4, 0.5) is 4.39 Å². The normalized spacial score (nSPS) is 9.83. The number of hydrogen-bond acceptors (Lipinski definition) is 1. The highest BCUT2D eigenvalue weighted by Crippen LogP contribution is 2.31. The first kappa shape index (κ1) is 12.5. The molecule has 0 aliphatic carbocycles. The lowest BCUT2D eigenvalue weighted by Gasteiger charge is -2.09. The lowest BCUT2D eigenvalue weighted by atomic mass is 10.0. The monoisotopic (exact) mass is 259 g/mol. The molecule has 0 atom stereocenters. The molecule has 0 unspecified atom stereocenters. The highest BCUT2D eigenvalue weighted by atomic mass is 35.5. The van der Waals surface area contributed by atoms with Crippen LogP contribution in [-0.2, 0) is 0 Å². The summed E-state index contributed by atoms with van der Waals surface area (Å²) in [5.74, 6) is 2.46. The van der Waals surface area contributed by atoms with E-state index >= 15 is 0 Å². The van der Waals surface area contributed by atoms with Crippen molar-refractivity contribution in [2.75, 3.05) is 6.61 Å². The van der Waals surface area contributed by atoms with E-state index < -0.39 is 5.82 Å². The van der Waals surface area contributed by atoms with Gasteiger partial charge >= 0.3 is 0 Å². The summed E-state index contributed by atoms with van der Waals surface area (Å²) >= 11 is 5.76. The van der Waals surface area contributed by atoms with Crippen LogP contribution in [0.2, 0.25) is 5.02 Å². The second-order valence-electron chi connectivity index (χ2n) is 3.53. The maximum absolute atomic E-state index is 13.1. The molecule has 0 N–H and O–H groups in total. The zero-order valence-corrected chi connectivity index (χ0v) is 10.2. The summed E-state index contributed by atoms with van der Waals surface area (Å²) in [6.07, 6.45) is 5.15. The van der Waals surface area contributed by atoms with Crippen LogP contribution in [0.15, 0.2) is 36.4 Å². The molecular formula is C15H9ClFO. The van der Waals surface area contributed by atoms with Gasteiger partial charge in [-0.1, -0.05) is 41.8 Å². The van der Waals surface area contributed by atoms with Crippen molar-refractivity contribution in [3.05, 3.63) is 53.3 Å². The standard InChI is InChI=1S/C15H9ClFO/c1-2-9-18-15-6-4-3-5-12(15)11-7-8-14(17)13(16)10-11/h1,3-5,7-8,10H,9H2. The van der Waals surface area contributed by atoms with E-state index in [2.05, 4.69) is 12.0 Å². The molecule has 0 aliphatic heterocycles. The highest BCUT2D eigenvalue weighted by Gasteiger charge is 2.08. The van der Waals surface area contributed by atoms with E-state index in [-0.39, 0.29) is 11.6 Å². The fourth-order valence-corrected chi connectivity index (χ4v) is 1.73. The Morgan fingerprint density at radius 3 is 2.94 bits per heavy atom. The molecule has 0 bridgehead atoms. The first-order valence-electron chi connectivity index (χ1n) is 5.25. The predicted octanol–water partition coefficient (Wildman–Crippen LogP) is 3.96. The first-order valence-corrected chi connectivity index (χ1v) is 5.62. The summed E-state index contributed by atoms with van der Waals surface area (Å²) in [7, 11) is 0. The number of terminal acetylenes is 1. The van der Waals surface area contributed by atoms with Crippen LogP contribution in [-0.4, -0.2) is 6.61 Å². The van der Waals surface area contributed by atoms with Crippen LogP contribution in [0.3, 0.4) is 0 Å². The summed E-state index contributed by atoms with van der Waals surface area (Å²) in [5, 5.41) is 0.0688. The zero-order chi connectivity index (χ0) is 13.0. The van der Waals surface area contributed by atoms with Crippen LogP contribution in [0.1, 0.15) is 0 Å². The molecule has 0 heterocycles. The van der Waals surface area contributed by atoms with Gasteiger partial charge < -0.3 is 4.74 Å². The Morgan fingerprint density at radius 2 is 2.22 bits per heavy atom. The van der Waals surface area contributed by atoms with E-state index in [0.29, 0.717) is 5.75 Å². The minimum atomic E-state index is -0.452. The molecular weight excluding hydrogens is 251 g/mol. The summed E-state index contributed by atoms with van der Waals surface area (Å²) in [5.41, 5.74) is 1.53. The third kappa shape index (κ3) is 2.64. The molecule has 0 amide bonds. The topological polar surface area (TPSA) is 9.23 Å². The van der Waals surface area contributed by atoms with Gasteiger partial charge in [0.2, 0.25) is 0 Å². The Bertz CT molecular complexity index is 602. The largest absolute Gasteiger partial charge is 0.480 e. The van der Waals surface area contributed by atoms with Crippen molar-refractivity contribution in [2.24, 2.45) is 0 Å². The Morgan fingerprint density at radius 1 is 1.39 bits per heavy atom. The molecule has 2 aromatic rings. The molecule has 0 fully saturated rings. The third-order valence-electron chi connectivity index (χ3n) is 2.35. The highest BCUT2D eigenvalue weighted by molar-refractivity contribution is 6.31. The summed E-state index contributed by atoms with van der Waals surface area (Å²) in [6, 6.07) is 12.8. The molecule has 1 nitrogen and oxygen atoms in total. The van der Waals surface area contributed by atoms with Gasteiger partial charge in [0.15, 0.2) is 0 Å². The van der Waals surface area contributed by atoms with Crippen molar-refractivity contribution in [3.63, 3.8) is 0 Å². The van der Waals surface area contributed by atoms with Crippen molar-refractivity contribution >= 4 is 11.6 Å². The van der Waals surface area contributed by atoms with Gasteiger partial charge in [-0.25, -0.2) is 4.39 Å². The van der Waals surface area contributed by atoms with Crippen molar-refractivity contribution in [1.82, 2.24) is 0 Å². The lowest BCUT2D eigenvalue weighted by Crippen LogP contribution is -1.95. The molecule has 2 aromatic carbocycles. The number of hydrogen-bond donors (Lipinski definition) is 0. The van der Waals surface area contributed by atoms with Gasteiger partial charge in [-0.15, -0.1) is 6.42 Å². The summed E-state index contributed by atoms with van der Waals surface area (Å²) < 4.78 is 18.5. The van der Waals surface area contributed by atoms with Crippen molar-refractivity contribution in [2.45, 2.75) is 0 Å². The van der Waals surface area contributed by atoms with E-state index in [0.717, 1.165) is 11.1 Å². The Labute approximate surface area is 110 Å². The van der Waals surface area contributed by atoms with Crippen molar-refractivity contribution < 1.29 is 9.13 Å². The predicted molar refractivity (Wildman–Crippen MR) is 70.0 cm³/mol. The average Bonchev–Trinajstić information content (AvgIpc) is 2.40.